The molecule has 1 heterocycles. The highest BCUT2D eigenvalue weighted by Crippen LogP contribution is 2.43. The fraction of sp³-hybridized carbons (Fsp3) is 0.815. The first-order valence-electron chi connectivity index (χ1n) is 13.0. The number of hydrogen-bond acceptors (Lipinski definition) is 3. The lowest BCUT2D eigenvalue weighted by atomic mass is 9.71. The number of unbranched alkanes of at least 4 members (excludes halogenated alkanes) is 2. The summed E-state index contributed by atoms with van der Waals surface area (Å²) in [6.07, 6.45) is 17.5. The smallest absolute Gasteiger partial charge is 0.160 e. The standard InChI is InChI=1S/C27H41FO3/c1-2-3-4-5-19-17-30-27(31-18-19)22-8-6-20(7-9-22)23-12-15-25(26(28)16-23)21-10-13-24(29)14-11-21/h15-16,19-23,27H,2-14,17-18H2,1H3. The van der Waals surface area contributed by atoms with Crippen LogP contribution in [0.4, 0.5) is 4.39 Å². The van der Waals surface area contributed by atoms with Gasteiger partial charge in [-0.2, -0.15) is 0 Å². The number of hydrogen-bond donors (Lipinski definition) is 0. The molecule has 4 heteroatoms. The molecule has 0 aromatic carbocycles. The average molecular weight is 433 g/mol. The molecule has 0 N–H and O–H groups in total. The molecule has 1 aliphatic heterocycles. The van der Waals surface area contributed by atoms with Crippen LogP contribution in [0.2, 0.25) is 0 Å². The summed E-state index contributed by atoms with van der Waals surface area (Å²) in [6, 6.07) is 0. The van der Waals surface area contributed by atoms with E-state index >= 15 is 0 Å². The summed E-state index contributed by atoms with van der Waals surface area (Å²) in [5.74, 6) is 2.53. The summed E-state index contributed by atoms with van der Waals surface area (Å²) in [6.45, 7) is 3.95. The van der Waals surface area contributed by atoms with Gasteiger partial charge in [0, 0.05) is 24.7 Å². The van der Waals surface area contributed by atoms with Crippen LogP contribution in [0.5, 0.6) is 0 Å². The maximum atomic E-state index is 14.9. The minimum absolute atomic E-state index is 0.00853. The maximum absolute atomic E-state index is 14.9. The average Bonchev–Trinajstić information content (AvgIpc) is 2.81. The topological polar surface area (TPSA) is 35.5 Å². The summed E-state index contributed by atoms with van der Waals surface area (Å²) < 4.78 is 27.2. The molecule has 3 fully saturated rings. The molecule has 174 valence electrons. The zero-order valence-corrected chi connectivity index (χ0v) is 19.3. The molecule has 0 radical (unpaired) electrons. The van der Waals surface area contributed by atoms with Crippen LogP contribution in [0.15, 0.2) is 23.6 Å². The van der Waals surface area contributed by atoms with Gasteiger partial charge in [-0.15, -0.1) is 0 Å². The number of carbonyl (C=O) groups is 1. The molecule has 0 aromatic heterocycles. The maximum Gasteiger partial charge on any atom is 0.160 e. The van der Waals surface area contributed by atoms with E-state index in [1.807, 2.05) is 6.08 Å². The molecule has 4 aliphatic rings. The predicted octanol–water partition coefficient (Wildman–Crippen LogP) is 6.92. The number of carbonyl (C=O) groups excluding carboxylic acids is 1. The Balaban J connectivity index is 1.20. The number of allylic oxidation sites excluding steroid dienone is 4. The zero-order chi connectivity index (χ0) is 21.6. The fourth-order valence-electron chi connectivity index (χ4n) is 6.18. The molecule has 4 rings (SSSR count). The minimum atomic E-state index is -0.0254. The summed E-state index contributed by atoms with van der Waals surface area (Å²) in [5.41, 5.74) is 0.884. The Hall–Kier alpha value is -1.00. The summed E-state index contributed by atoms with van der Waals surface area (Å²) in [5, 5.41) is 0. The lowest BCUT2D eigenvalue weighted by Crippen LogP contribution is -2.39. The number of ether oxygens (including phenoxy) is 2. The van der Waals surface area contributed by atoms with Crippen molar-refractivity contribution in [1.82, 2.24) is 0 Å². The SMILES string of the molecule is CCCCCC1COC(C2CCC(C3C=C(F)C(C4CCC(=O)CC4)=CC3)CC2)OC1. The lowest BCUT2D eigenvalue weighted by molar-refractivity contribution is -0.230. The Morgan fingerprint density at radius 3 is 2.29 bits per heavy atom. The van der Waals surface area contributed by atoms with Crippen LogP contribution in [0.1, 0.15) is 90.4 Å². The van der Waals surface area contributed by atoms with Crippen molar-refractivity contribution in [2.75, 3.05) is 13.2 Å². The van der Waals surface area contributed by atoms with Crippen molar-refractivity contribution in [3.05, 3.63) is 23.6 Å². The van der Waals surface area contributed by atoms with E-state index in [4.69, 9.17) is 9.47 Å². The van der Waals surface area contributed by atoms with Gasteiger partial charge in [-0.25, -0.2) is 4.39 Å². The number of halogens is 1. The van der Waals surface area contributed by atoms with Gasteiger partial charge in [0.15, 0.2) is 6.29 Å². The quantitative estimate of drug-likeness (QED) is 0.410. The highest BCUT2D eigenvalue weighted by atomic mass is 19.1. The second-order valence-corrected chi connectivity index (χ2v) is 10.5. The van der Waals surface area contributed by atoms with Gasteiger partial charge < -0.3 is 9.47 Å². The van der Waals surface area contributed by atoms with Gasteiger partial charge in [0.1, 0.15) is 11.6 Å². The van der Waals surface area contributed by atoms with Gasteiger partial charge in [-0.1, -0.05) is 32.3 Å². The Morgan fingerprint density at radius 2 is 1.65 bits per heavy atom. The number of Topliss-reactive ketones (excluding diaryl/α,β-unsaturated/α-hetero) is 1. The molecule has 1 atom stereocenters. The summed E-state index contributed by atoms with van der Waals surface area (Å²) in [4.78, 5) is 11.5. The Kier molecular flexibility index (Phi) is 8.39. The van der Waals surface area contributed by atoms with Crippen LogP contribution >= 0.6 is 0 Å². The molecule has 0 spiro atoms. The molecule has 31 heavy (non-hydrogen) atoms. The van der Waals surface area contributed by atoms with Crippen LogP contribution in [-0.4, -0.2) is 25.3 Å². The van der Waals surface area contributed by atoms with E-state index in [1.54, 1.807) is 0 Å². The van der Waals surface area contributed by atoms with Crippen molar-refractivity contribution < 1.29 is 18.7 Å². The molecule has 0 bridgehead atoms. The van der Waals surface area contributed by atoms with Crippen molar-refractivity contribution in [1.29, 1.82) is 0 Å². The van der Waals surface area contributed by atoms with E-state index in [9.17, 15) is 9.18 Å². The highest BCUT2D eigenvalue weighted by Gasteiger charge is 2.35. The van der Waals surface area contributed by atoms with E-state index in [0.29, 0.717) is 42.3 Å². The van der Waals surface area contributed by atoms with Gasteiger partial charge in [0.25, 0.3) is 0 Å². The molecule has 3 aliphatic carbocycles. The first-order chi connectivity index (χ1) is 15.1. The molecule has 1 saturated heterocycles. The first-order valence-corrected chi connectivity index (χ1v) is 13.0. The third kappa shape index (κ3) is 6.07. The van der Waals surface area contributed by atoms with Crippen LogP contribution < -0.4 is 0 Å². The molecular weight excluding hydrogens is 391 g/mol. The third-order valence-corrected chi connectivity index (χ3v) is 8.24. The van der Waals surface area contributed by atoms with Crippen molar-refractivity contribution in [3.63, 3.8) is 0 Å². The Bertz CT molecular complexity index is 643. The zero-order valence-electron chi connectivity index (χ0n) is 19.3. The summed E-state index contributed by atoms with van der Waals surface area (Å²) >= 11 is 0. The van der Waals surface area contributed by atoms with Crippen LogP contribution in [-0.2, 0) is 14.3 Å². The van der Waals surface area contributed by atoms with Crippen LogP contribution in [0.3, 0.4) is 0 Å². The molecular formula is C27H41FO3. The molecule has 1 unspecified atom stereocenters. The number of rotatable bonds is 7. The van der Waals surface area contributed by atoms with Crippen molar-refractivity contribution in [2.24, 2.45) is 29.6 Å². The summed E-state index contributed by atoms with van der Waals surface area (Å²) in [7, 11) is 0. The van der Waals surface area contributed by atoms with Crippen molar-refractivity contribution in [2.45, 2.75) is 96.7 Å². The van der Waals surface area contributed by atoms with E-state index < -0.39 is 0 Å². The van der Waals surface area contributed by atoms with E-state index in [-0.39, 0.29) is 18.0 Å². The van der Waals surface area contributed by atoms with Gasteiger partial charge in [-0.3, -0.25) is 4.79 Å². The Labute approximate surface area is 187 Å². The number of ketones is 1. The predicted molar refractivity (Wildman–Crippen MR) is 121 cm³/mol. The van der Waals surface area contributed by atoms with Crippen LogP contribution in [0.25, 0.3) is 0 Å². The van der Waals surface area contributed by atoms with Gasteiger partial charge in [-0.05, 0) is 80.8 Å². The molecule has 0 amide bonds. The van der Waals surface area contributed by atoms with Crippen molar-refractivity contribution >= 4 is 5.78 Å². The lowest BCUT2D eigenvalue weighted by Gasteiger charge is -2.39. The van der Waals surface area contributed by atoms with Crippen LogP contribution in [0, 0.1) is 29.6 Å². The second kappa shape index (κ2) is 11.2. The van der Waals surface area contributed by atoms with Gasteiger partial charge >= 0.3 is 0 Å². The van der Waals surface area contributed by atoms with E-state index in [0.717, 1.165) is 63.7 Å². The monoisotopic (exact) mass is 432 g/mol. The molecule has 2 saturated carbocycles. The van der Waals surface area contributed by atoms with Crippen molar-refractivity contribution in [3.8, 4) is 0 Å². The largest absolute Gasteiger partial charge is 0.352 e. The van der Waals surface area contributed by atoms with E-state index in [1.165, 1.54) is 25.7 Å². The first kappa shape index (κ1) is 23.2. The third-order valence-electron chi connectivity index (χ3n) is 8.24. The fourth-order valence-corrected chi connectivity index (χ4v) is 6.18. The highest BCUT2D eigenvalue weighted by molar-refractivity contribution is 5.79. The van der Waals surface area contributed by atoms with Gasteiger partial charge in [0.05, 0.1) is 13.2 Å². The Morgan fingerprint density at radius 1 is 0.968 bits per heavy atom. The minimum Gasteiger partial charge on any atom is -0.352 e. The molecule has 3 nitrogen and oxygen atoms in total. The normalized spacial score (nSPS) is 35.5. The second-order valence-electron chi connectivity index (χ2n) is 10.5. The molecule has 0 aromatic rings. The van der Waals surface area contributed by atoms with E-state index in [2.05, 4.69) is 13.0 Å². The van der Waals surface area contributed by atoms with Gasteiger partial charge in [0.2, 0.25) is 0 Å².